The van der Waals surface area contributed by atoms with Crippen molar-refractivity contribution < 1.29 is 18.8 Å². The first kappa shape index (κ1) is 27.2. The lowest BCUT2D eigenvalue weighted by Crippen LogP contribution is -2.45. The van der Waals surface area contributed by atoms with Gasteiger partial charge >= 0.3 is 0 Å². The summed E-state index contributed by atoms with van der Waals surface area (Å²) in [5.74, 6) is -0.526. The zero-order valence-electron chi connectivity index (χ0n) is 21.2. The van der Waals surface area contributed by atoms with E-state index in [0.717, 1.165) is 31.2 Å². The number of piperidine rings is 1. The van der Waals surface area contributed by atoms with Crippen LogP contribution in [0.4, 0.5) is 0 Å². The number of carbonyl (C=O) groups excluding carboxylic acids is 3. The number of hydrogen-bond donors (Lipinski definition) is 2. The number of amides is 3. The first-order valence-electron chi connectivity index (χ1n) is 13.1. The molecule has 1 aliphatic rings. The Morgan fingerprint density at radius 1 is 1.03 bits per heavy atom. The van der Waals surface area contributed by atoms with Gasteiger partial charge in [-0.3, -0.25) is 14.4 Å². The summed E-state index contributed by atoms with van der Waals surface area (Å²) in [6, 6.07) is 12.6. The topological polar surface area (TPSA) is 104 Å². The van der Waals surface area contributed by atoms with E-state index in [2.05, 4.69) is 22.8 Å². The first-order chi connectivity index (χ1) is 17.6. The van der Waals surface area contributed by atoms with Crippen LogP contribution in [-0.4, -0.2) is 48.0 Å². The predicted octanol–water partition coefficient (Wildman–Crippen LogP) is 4.52. The summed E-state index contributed by atoms with van der Waals surface area (Å²) in [4.78, 5) is 39.7. The summed E-state index contributed by atoms with van der Waals surface area (Å²) in [6.45, 7) is 3.44. The van der Waals surface area contributed by atoms with Gasteiger partial charge < -0.3 is 14.6 Å². The third-order valence-electron chi connectivity index (χ3n) is 6.46. The molecule has 0 radical (unpaired) electrons. The standard InChI is InChI=1S/C28H38N4O4/c1-2-3-4-5-6-10-17-26(33)32-18-11-15-23(21-32)27(34)31-30-24(22-13-8-7-9-14-22)20-29-28(35)25-16-12-19-36-25/h7-9,12-14,16,19,23H,2-6,10-11,15,17-18,20-21H2,1H3,(H,29,35)(H,31,34)/b30-24-. The van der Waals surface area contributed by atoms with E-state index in [4.69, 9.17) is 4.42 Å². The maximum atomic E-state index is 12.9. The van der Waals surface area contributed by atoms with Crippen LogP contribution in [0.25, 0.3) is 0 Å². The molecule has 1 aliphatic heterocycles. The smallest absolute Gasteiger partial charge is 0.287 e. The number of nitrogens with one attached hydrogen (secondary N) is 2. The average molecular weight is 495 g/mol. The molecule has 1 saturated heterocycles. The van der Waals surface area contributed by atoms with E-state index in [9.17, 15) is 14.4 Å². The number of likely N-dealkylation sites (tertiary alicyclic amines) is 1. The molecule has 0 aliphatic carbocycles. The molecule has 0 saturated carbocycles. The SMILES string of the molecule is CCCCCCCCC(=O)N1CCCC(C(=O)N/N=C(/CNC(=O)c2ccco2)c2ccccc2)C1. The van der Waals surface area contributed by atoms with E-state index in [-0.39, 0.29) is 35.9 Å². The molecule has 0 bridgehead atoms. The van der Waals surface area contributed by atoms with Gasteiger partial charge in [0.15, 0.2) is 5.76 Å². The second kappa shape index (κ2) is 14.9. The third kappa shape index (κ3) is 8.66. The Labute approximate surface area is 213 Å². The molecule has 1 unspecified atom stereocenters. The maximum Gasteiger partial charge on any atom is 0.287 e. The molecular weight excluding hydrogens is 456 g/mol. The minimum Gasteiger partial charge on any atom is -0.459 e. The highest BCUT2D eigenvalue weighted by Crippen LogP contribution is 2.18. The monoisotopic (exact) mass is 494 g/mol. The summed E-state index contributed by atoms with van der Waals surface area (Å²) in [6.07, 6.45) is 10.4. The van der Waals surface area contributed by atoms with Gasteiger partial charge in [-0.1, -0.05) is 69.4 Å². The van der Waals surface area contributed by atoms with Crippen LogP contribution in [-0.2, 0) is 9.59 Å². The average Bonchev–Trinajstić information content (AvgIpc) is 3.46. The normalized spacial score (nSPS) is 16.0. The van der Waals surface area contributed by atoms with E-state index in [1.165, 1.54) is 31.9 Å². The van der Waals surface area contributed by atoms with Gasteiger partial charge in [0.1, 0.15) is 0 Å². The van der Waals surface area contributed by atoms with Crippen molar-refractivity contribution in [3.63, 3.8) is 0 Å². The Bertz CT molecular complexity index is 988. The second-order valence-electron chi connectivity index (χ2n) is 9.26. The Kier molecular flexibility index (Phi) is 11.2. The van der Waals surface area contributed by atoms with Crippen molar-refractivity contribution >= 4 is 23.4 Å². The highest BCUT2D eigenvalue weighted by molar-refractivity contribution is 6.05. The van der Waals surface area contributed by atoms with Crippen LogP contribution in [0, 0.1) is 5.92 Å². The van der Waals surface area contributed by atoms with Crippen molar-refractivity contribution in [1.29, 1.82) is 0 Å². The van der Waals surface area contributed by atoms with E-state index >= 15 is 0 Å². The van der Waals surface area contributed by atoms with Crippen molar-refractivity contribution in [3.8, 4) is 0 Å². The fourth-order valence-electron chi connectivity index (χ4n) is 4.34. The molecule has 0 spiro atoms. The highest BCUT2D eigenvalue weighted by atomic mass is 16.3. The van der Waals surface area contributed by atoms with Gasteiger partial charge in [-0.2, -0.15) is 5.10 Å². The molecule has 8 heteroatoms. The highest BCUT2D eigenvalue weighted by Gasteiger charge is 2.28. The van der Waals surface area contributed by atoms with E-state index in [1.807, 2.05) is 35.2 Å². The van der Waals surface area contributed by atoms with Crippen LogP contribution in [0.15, 0.2) is 58.2 Å². The Hall–Kier alpha value is -3.42. The van der Waals surface area contributed by atoms with Gasteiger partial charge in [-0.05, 0) is 37.0 Å². The lowest BCUT2D eigenvalue weighted by atomic mass is 9.97. The fraction of sp³-hybridized carbons (Fsp3) is 0.500. The Morgan fingerprint density at radius 2 is 1.81 bits per heavy atom. The van der Waals surface area contributed by atoms with Crippen molar-refractivity contribution in [3.05, 3.63) is 60.1 Å². The molecule has 194 valence electrons. The molecule has 1 fully saturated rings. The molecule has 1 aromatic heterocycles. The molecule has 1 aromatic carbocycles. The second-order valence-corrected chi connectivity index (χ2v) is 9.26. The predicted molar refractivity (Wildman–Crippen MR) is 139 cm³/mol. The molecule has 8 nitrogen and oxygen atoms in total. The third-order valence-corrected chi connectivity index (χ3v) is 6.46. The van der Waals surface area contributed by atoms with Crippen LogP contribution < -0.4 is 10.7 Å². The fourth-order valence-corrected chi connectivity index (χ4v) is 4.34. The van der Waals surface area contributed by atoms with Crippen LogP contribution in [0.1, 0.15) is 80.8 Å². The summed E-state index contributed by atoms with van der Waals surface area (Å²) in [7, 11) is 0. The number of rotatable bonds is 13. The van der Waals surface area contributed by atoms with Crippen LogP contribution >= 0.6 is 0 Å². The quantitative estimate of drug-likeness (QED) is 0.243. The van der Waals surface area contributed by atoms with Gasteiger partial charge in [0.25, 0.3) is 5.91 Å². The lowest BCUT2D eigenvalue weighted by molar-refractivity contribution is -0.135. The maximum absolute atomic E-state index is 12.9. The molecule has 1 atom stereocenters. The van der Waals surface area contributed by atoms with Gasteiger partial charge in [-0.25, -0.2) is 5.43 Å². The van der Waals surface area contributed by atoms with Gasteiger partial charge in [0.2, 0.25) is 11.8 Å². The largest absolute Gasteiger partial charge is 0.459 e. The summed E-state index contributed by atoms with van der Waals surface area (Å²) in [5.41, 5.74) is 3.99. The van der Waals surface area contributed by atoms with Gasteiger partial charge in [0.05, 0.1) is 24.4 Å². The molecule has 2 heterocycles. The van der Waals surface area contributed by atoms with E-state index < -0.39 is 0 Å². The molecular formula is C28H38N4O4. The first-order valence-corrected chi connectivity index (χ1v) is 13.1. The van der Waals surface area contributed by atoms with Gasteiger partial charge in [-0.15, -0.1) is 0 Å². The van der Waals surface area contributed by atoms with Crippen molar-refractivity contribution in [1.82, 2.24) is 15.6 Å². The zero-order chi connectivity index (χ0) is 25.6. The number of benzene rings is 1. The number of nitrogens with zero attached hydrogens (tertiary/aromatic N) is 2. The van der Waals surface area contributed by atoms with Crippen molar-refractivity contribution in [2.24, 2.45) is 11.0 Å². The molecule has 3 rings (SSSR count). The van der Waals surface area contributed by atoms with E-state index in [1.54, 1.807) is 12.1 Å². The minimum atomic E-state index is -0.359. The van der Waals surface area contributed by atoms with Crippen LogP contribution in [0.5, 0.6) is 0 Å². The number of hydrazone groups is 1. The summed E-state index contributed by atoms with van der Waals surface area (Å²) >= 11 is 0. The number of hydrogen-bond acceptors (Lipinski definition) is 5. The van der Waals surface area contributed by atoms with Crippen LogP contribution in [0.2, 0.25) is 0 Å². The lowest BCUT2D eigenvalue weighted by Gasteiger charge is -2.31. The van der Waals surface area contributed by atoms with E-state index in [0.29, 0.717) is 25.2 Å². The molecule has 2 aromatic rings. The van der Waals surface area contributed by atoms with Crippen molar-refractivity contribution in [2.75, 3.05) is 19.6 Å². The Morgan fingerprint density at radius 3 is 2.56 bits per heavy atom. The molecule has 36 heavy (non-hydrogen) atoms. The molecule has 2 N–H and O–H groups in total. The minimum absolute atomic E-state index is 0.122. The molecule has 3 amide bonds. The number of furan rings is 1. The Balaban J connectivity index is 1.53. The van der Waals surface area contributed by atoms with Gasteiger partial charge in [0, 0.05) is 19.5 Å². The van der Waals surface area contributed by atoms with Crippen LogP contribution in [0.3, 0.4) is 0 Å². The summed E-state index contributed by atoms with van der Waals surface area (Å²) < 4.78 is 5.13. The summed E-state index contributed by atoms with van der Waals surface area (Å²) in [5, 5.41) is 7.12. The zero-order valence-corrected chi connectivity index (χ0v) is 21.2. The number of unbranched alkanes of at least 4 members (excludes halogenated alkanes) is 5. The number of carbonyl (C=O) groups is 3. The van der Waals surface area contributed by atoms with Crippen molar-refractivity contribution in [2.45, 2.75) is 64.7 Å².